The molecule has 0 atom stereocenters. The Morgan fingerprint density at radius 3 is 0.829 bits per heavy atom. The first kappa shape index (κ1) is 75.4. The first-order chi connectivity index (χ1) is 35.9. The molecule has 0 aliphatic heterocycles. The second-order valence-electron chi connectivity index (χ2n) is 21.6. The van der Waals surface area contributed by atoms with Crippen molar-refractivity contribution in [3.63, 3.8) is 0 Å². The second kappa shape index (κ2) is 42.3. The highest BCUT2D eigenvalue weighted by molar-refractivity contribution is 7.86. The molecule has 0 aliphatic carbocycles. The van der Waals surface area contributed by atoms with Gasteiger partial charge < -0.3 is 64.4 Å². The molecule has 0 aliphatic rings. The average Bonchev–Trinajstić information content (AvgIpc) is 3.36. The number of rotatable bonds is 57. The van der Waals surface area contributed by atoms with Crippen molar-refractivity contribution in [2.45, 2.75) is 197 Å². The van der Waals surface area contributed by atoms with Gasteiger partial charge in [0.05, 0.1) is 120 Å². The normalized spacial score (nSPS) is 13.6. The molecule has 0 amide bonds. The summed E-state index contributed by atoms with van der Waals surface area (Å²) in [6.07, 6.45) is 29.3. The summed E-state index contributed by atoms with van der Waals surface area (Å²) in [5.41, 5.74) is -5.37. The van der Waals surface area contributed by atoms with E-state index in [1.807, 2.05) is 0 Å². The first-order valence-corrected chi connectivity index (χ1v) is 35.2. The van der Waals surface area contributed by atoms with Crippen LogP contribution in [0, 0.1) is 0 Å². The van der Waals surface area contributed by atoms with E-state index in [1.165, 1.54) is 116 Å². The molecular formula is C50H109N4O18S3Si+. The number of aliphatic hydroxyl groups is 6. The SMILES string of the molecule is CCCCCCCCCCCCCC[N+](C)(CCCCCCCCCCCCCC)CCC[Si](OCC(CO)(CO)NCCS(=O)(=O)O)(OCC(CO)(CO)NCCS(=O)(=O)O)OCC(CO)(CO)NCCS(=O)(=O)O. The van der Waals surface area contributed by atoms with Gasteiger partial charge in [0.1, 0.15) is 0 Å². The van der Waals surface area contributed by atoms with Crippen molar-refractivity contribution in [2.24, 2.45) is 0 Å². The number of unbranched alkanes of at least 4 members (excludes halogenated alkanes) is 22. The number of nitrogens with zero attached hydrogens (tertiary/aromatic N) is 1. The zero-order valence-corrected chi connectivity index (χ0v) is 50.4. The lowest BCUT2D eigenvalue weighted by Crippen LogP contribution is -2.64. The lowest BCUT2D eigenvalue weighted by atomic mass is 10.0. The van der Waals surface area contributed by atoms with Gasteiger partial charge in [0.2, 0.25) is 0 Å². The van der Waals surface area contributed by atoms with Crippen molar-refractivity contribution in [3.8, 4) is 0 Å². The molecule has 0 bridgehead atoms. The molecular weight excluding hydrogens is 1070 g/mol. The number of nitrogens with one attached hydrogen (secondary N) is 3. The van der Waals surface area contributed by atoms with Gasteiger partial charge >= 0.3 is 8.80 Å². The van der Waals surface area contributed by atoms with E-state index in [4.69, 9.17) is 13.3 Å². The van der Waals surface area contributed by atoms with Crippen molar-refractivity contribution >= 4 is 39.2 Å². The number of aliphatic hydroxyl groups excluding tert-OH is 6. The van der Waals surface area contributed by atoms with Crippen molar-refractivity contribution in [2.75, 3.05) is 123 Å². The fraction of sp³-hybridized carbons (Fsp3) is 1.00. The van der Waals surface area contributed by atoms with Crippen molar-refractivity contribution in [3.05, 3.63) is 0 Å². The molecule has 12 N–H and O–H groups in total. The Bertz CT molecular complexity index is 1580. The lowest BCUT2D eigenvalue weighted by molar-refractivity contribution is -0.910. The standard InChI is InChI=1S/C50H108N4O18S3Si/c1-4-6-8-10-12-14-16-18-20-22-24-26-32-54(3,33-27-25-23-21-19-17-15-13-11-9-7-5-2)34-28-38-76(70-45-48(39-55,40-56)51-29-35-73(61,62)63,71-46-49(41-57,42-58)52-30-36-74(64,65)66)72-47-50(43-59,44-60)53-31-37-75(67,68)69/h51-53,55-60H,4-47H2,1-3H3,(H2-,61,62,63,64,65,66,67,68,69)/p+1. The summed E-state index contributed by atoms with van der Waals surface area (Å²) in [6, 6.07) is -0.0361. The number of quaternary nitrogens is 1. The average molecular weight is 1180 g/mol. The van der Waals surface area contributed by atoms with Crippen LogP contribution in [-0.4, -0.2) is 222 Å². The fourth-order valence-electron chi connectivity index (χ4n) is 9.02. The summed E-state index contributed by atoms with van der Waals surface area (Å²) >= 11 is 0. The Morgan fingerprint density at radius 1 is 0.382 bits per heavy atom. The van der Waals surface area contributed by atoms with Gasteiger partial charge in [-0.25, -0.2) is 0 Å². The maximum Gasteiger partial charge on any atom is 0.501 e. The Hall–Kier alpha value is -0.573. The van der Waals surface area contributed by atoms with Crippen LogP contribution in [0.1, 0.15) is 174 Å². The van der Waals surface area contributed by atoms with Crippen molar-refractivity contribution in [1.29, 1.82) is 0 Å². The third kappa shape index (κ3) is 38.2. The minimum absolute atomic E-state index is 0.0361. The predicted molar refractivity (Wildman–Crippen MR) is 300 cm³/mol. The molecule has 22 nitrogen and oxygen atoms in total. The first-order valence-electron chi connectivity index (χ1n) is 28.4. The van der Waals surface area contributed by atoms with Crippen LogP contribution in [0.25, 0.3) is 0 Å². The summed E-state index contributed by atoms with van der Waals surface area (Å²) in [5, 5.41) is 72.0. The fourth-order valence-corrected chi connectivity index (χ4v) is 12.9. The third-order valence-electron chi connectivity index (χ3n) is 14.4. The predicted octanol–water partition coefficient (Wildman–Crippen LogP) is 3.82. The molecule has 0 rings (SSSR count). The van der Waals surface area contributed by atoms with Crippen LogP contribution in [0.2, 0.25) is 6.04 Å². The van der Waals surface area contributed by atoms with E-state index in [2.05, 4.69) is 36.8 Å². The quantitative estimate of drug-likeness (QED) is 0.0178. The van der Waals surface area contributed by atoms with Crippen LogP contribution in [0.4, 0.5) is 0 Å². The van der Waals surface area contributed by atoms with Crippen molar-refractivity contribution in [1.82, 2.24) is 16.0 Å². The Morgan fingerprint density at radius 2 is 0.605 bits per heavy atom. The Labute approximate surface area is 460 Å². The highest BCUT2D eigenvalue weighted by Crippen LogP contribution is 2.27. The molecule has 0 unspecified atom stereocenters. The number of hydrogen-bond acceptors (Lipinski definition) is 18. The van der Waals surface area contributed by atoms with E-state index in [0.717, 1.165) is 51.6 Å². The molecule has 0 aromatic heterocycles. The zero-order chi connectivity index (χ0) is 57.4. The Kier molecular flexibility index (Phi) is 42.0. The number of hydrogen-bond donors (Lipinski definition) is 12. The topological polar surface area (TPSA) is 348 Å². The van der Waals surface area contributed by atoms with Crippen LogP contribution in [0.5, 0.6) is 0 Å². The van der Waals surface area contributed by atoms with E-state index in [0.29, 0.717) is 17.4 Å². The van der Waals surface area contributed by atoms with Gasteiger partial charge in [-0.2, -0.15) is 25.3 Å². The van der Waals surface area contributed by atoms with Gasteiger partial charge in [-0.3, -0.25) is 13.7 Å². The maximum absolute atomic E-state index is 11.6. The largest absolute Gasteiger partial charge is 0.501 e. The summed E-state index contributed by atoms with van der Waals surface area (Å²) in [6.45, 7) is -1.50. The van der Waals surface area contributed by atoms with Gasteiger partial charge in [0.15, 0.2) is 0 Å². The summed E-state index contributed by atoms with van der Waals surface area (Å²) in [5.74, 6) is -2.39. The van der Waals surface area contributed by atoms with Crippen LogP contribution in [-0.2, 0) is 43.6 Å². The second-order valence-corrected chi connectivity index (χ2v) is 29.1. The van der Waals surface area contributed by atoms with E-state index < -0.39 is 152 Å². The van der Waals surface area contributed by atoms with Gasteiger partial charge in [0.25, 0.3) is 30.4 Å². The lowest BCUT2D eigenvalue weighted by Gasteiger charge is -2.41. The van der Waals surface area contributed by atoms with Crippen LogP contribution >= 0.6 is 0 Å². The molecule has 0 aromatic carbocycles. The van der Waals surface area contributed by atoms with E-state index in [1.54, 1.807) is 0 Å². The Balaban J connectivity index is 6.98. The van der Waals surface area contributed by atoms with Gasteiger partial charge in [0, 0.05) is 32.1 Å². The van der Waals surface area contributed by atoms with Crippen LogP contribution in [0.3, 0.4) is 0 Å². The molecule has 0 spiro atoms. The van der Waals surface area contributed by atoms with Crippen molar-refractivity contribution < 1.29 is 87.3 Å². The minimum Gasteiger partial charge on any atom is -0.394 e. The molecule has 0 fully saturated rings. The van der Waals surface area contributed by atoms with E-state index in [-0.39, 0.29) is 6.04 Å². The molecule has 0 aromatic rings. The summed E-state index contributed by atoms with van der Waals surface area (Å²) < 4.78 is 118. The van der Waals surface area contributed by atoms with Gasteiger partial charge in [-0.1, -0.05) is 142 Å². The molecule has 76 heavy (non-hydrogen) atoms. The summed E-state index contributed by atoms with van der Waals surface area (Å²) in [4.78, 5) is 0. The molecule has 0 radical (unpaired) electrons. The highest BCUT2D eigenvalue weighted by atomic mass is 32.2. The van der Waals surface area contributed by atoms with Crippen LogP contribution < -0.4 is 16.0 Å². The van der Waals surface area contributed by atoms with Gasteiger partial charge in [-0.05, 0) is 25.7 Å². The van der Waals surface area contributed by atoms with Gasteiger partial charge in [-0.15, -0.1) is 0 Å². The monoisotopic (exact) mass is 1180 g/mol. The molecule has 26 heteroatoms. The summed E-state index contributed by atoms with van der Waals surface area (Å²) in [7, 11) is -15.8. The molecule has 458 valence electrons. The molecule has 0 heterocycles. The van der Waals surface area contributed by atoms with Crippen LogP contribution in [0.15, 0.2) is 0 Å². The van der Waals surface area contributed by atoms with E-state index >= 15 is 0 Å². The highest BCUT2D eigenvalue weighted by Gasteiger charge is 2.48. The molecule has 0 saturated heterocycles. The minimum atomic E-state index is -4.49. The zero-order valence-electron chi connectivity index (χ0n) is 47.0. The van der Waals surface area contributed by atoms with E-state index in [9.17, 15) is 69.6 Å². The third-order valence-corrected chi connectivity index (χ3v) is 19.3. The maximum atomic E-state index is 11.6. The smallest absolute Gasteiger partial charge is 0.394 e. The molecule has 0 saturated carbocycles.